The van der Waals surface area contributed by atoms with Crippen LogP contribution in [0.25, 0.3) is 11.2 Å². The molecule has 2 N–H and O–H groups in total. The number of hydrogen-bond acceptors (Lipinski definition) is 9. The summed E-state index contributed by atoms with van der Waals surface area (Å²) < 4.78 is 28.0. The first-order chi connectivity index (χ1) is 19.3. The minimum Gasteiger partial charge on any atom is -0.501 e. The highest BCUT2D eigenvalue weighted by molar-refractivity contribution is 6.36. The van der Waals surface area contributed by atoms with Gasteiger partial charge in [0.05, 0.1) is 31.5 Å². The van der Waals surface area contributed by atoms with Crippen LogP contribution in [0, 0.1) is 5.82 Å². The Morgan fingerprint density at radius 1 is 1.12 bits per heavy atom. The zero-order valence-corrected chi connectivity index (χ0v) is 23.5. The third kappa shape index (κ3) is 4.79. The van der Waals surface area contributed by atoms with Crippen molar-refractivity contribution in [2.24, 2.45) is 9.98 Å². The number of ether oxygens (including phenoxy) is 2. The number of guanidine groups is 1. The molecular weight excluding hydrogens is 535 g/mol. The van der Waals surface area contributed by atoms with E-state index in [1.807, 2.05) is 16.5 Å². The predicted octanol–water partition coefficient (Wildman–Crippen LogP) is 2.84. The smallest absolute Gasteiger partial charge is 0.224 e. The summed E-state index contributed by atoms with van der Waals surface area (Å²) >= 11 is 6.72. The summed E-state index contributed by atoms with van der Waals surface area (Å²) in [6.07, 6.45) is 3.87. The second-order valence-electron chi connectivity index (χ2n) is 10.2. The summed E-state index contributed by atoms with van der Waals surface area (Å²) in [6, 6.07) is 7.70. The van der Waals surface area contributed by atoms with Gasteiger partial charge in [-0.3, -0.25) is 4.40 Å². The molecule has 0 amide bonds. The predicted molar refractivity (Wildman–Crippen MR) is 152 cm³/mol. The number of allylic oxidation sites excluding steroid dienone is 3. The molecule has 0 radical (unpaired) electrons. The van der Waals surface area contributed by atoms with E-state index in [0.29, 0.717) is 52.2 Å². The fraction of sp³-hybridized carbons (Fsp3) is 0.357. The number of anilines is 2. The zero-order chi connectivity index (χ0) is 28.0. The molecule has 10 nitrogen and oxygen atoms in total. The lowest BCUT2D eigenvalue weighted by atomic mass is 10.0. The van der Waals surface area contributed by atoms with Crippen molar-refractivity contribution in [3.05, 3.63) is 75.3 Å². The van der Waals surface area contributed by atoms with Crippen LogP contribution in [0.3, 0.4) is 0 Å². The van der Waals surface area contributed by atoms with Gasteiger partial charge in [0.1, 0.15) is 29.2 Å². The number of fused-ring (bicyclic) bond motifs is 3. The standard InChI is InChI=1S/C28H30ClFN8O2/c1-15-12-37(13-16(2)33-15)23-6-5-18(8-22(23)30)34-28-31-11-17-7-21(27-36-32-14-38(27)26(17)35-28)20-9-19(39-3)10-24(40-4)25(20)29/h5-8,10,14-16,33H,9,11-13H2,1-4H3,(H,31,34)/t15-,16+. The number of nitrogens with one attached hydrogen (secondary N) is 2. The minimum atomic E-state index is -0.289. The molecule has 208 valence electrons. The summed E-state index contributed by atoms with van der Waals surface area (Å²) in [6.45, 7) is 6.07. The summed E-state index contributed by atoms with van der Waals surface area (Å²) in [5.41, 5.74) is 4.10. The van der Waals surface area contributed by atoms with Crippen LogP contribution in [-0.2, 0) is 16.0 Å². The van der Waals surface area contributed by atoms with E-state index in [1.54, 1.807) is 32.7 Å². The SMILES string of the molecule is COC1=CC(OC)=C(Cl)C(=c2cc3c(n4cnnc24)=NC(Nc2ccc(N4C[C@@H](C)N[C@@H](C)C4)c(F)c2)=NC3)C1. The van der Waals surface area contributed by atoms with Crippen LogP contribution in [0.1, 0.15) is 25.8 Å². The minimum absolute atomic E-state index is 0.288. The van der Waals surface area contributed by atoms with Gasteiger partial charge >= 0.3 is 0 Å². The van der Waals surface area contributed by atoms with Gasteiger partial charge in [-0.15, -0.1) is 10.2 Å². The molecule has 1 aromatic carbocycles. The molecular formula is C28H30ClFN8O2. The fourth-order valence-corrected chi connectivity index (χ4v) is 5.81. The molecule has 0 saturated carbocycles. The average Bonchev–Trinajstić information content (AvgIpc) is 3.43. The van der Waals surface area contributed by atoms with Crippen molar-refractivity contribution in [2.45, 2.75) is 38.9 Å². The highest BCUT2D eigenvalue weighted by Crippen LogP contribution is 2.33. The molecule has 0 spiro atoms. The normalized spacial score (nSPS) is 22.4. The van der Waals surface area contributed by atoms with E-state index < -0.39 is 0 Å². The van der Waals surface area contributed by atoms with Crippen molar-refractivity contribution in [1.82, 2.24) is 19.9 Å². The molecule has 2 aliphatic heterocycles. The van der Waals surface area contributed by atoms with Gasteiger partial charge < -0.3 is 25.0 Å². The molecule has 6 rings (SSSR count). The molecule has 1 fully saturated rings. The maximum atomic E-state index is 15.2. The molecule has 3 aromatic rings. The number of nitrogens with zero attached hydrogens (tertiary/aromatic N) is 6. The Morgan fingerprint density at radius 2 is 1.93 bits per heavy atom. The number of rotatable bonds is 4. The summed E-state index contributed by atoms with van der Waals surface area (Å²) in [5, 5.41) is 16.4. The molecule has 0 unspecified atom stereocenters. The van der Waals surface area contributed by atoms with Crippen LogP contribution in [-0.4, -0.2) is 60.0 Å². The van der Waals surface area contributed by atoms with Gasteiger partial charge in [0.25, 0.3) is 0 Å². The summed E-state index contributed by atoms with van der Waals surface area (Å²) in [5.74, 6) is 1.33. The lowest BCUT2D eigenvalue weighted by Gasteiger charge is -2.37. The second kappa shape index (κ2) is 10.5. The molecule has 2 atom stereocenters. The number of aliphatic imine (C=N–C) groups is 1. The number of halogens is 2. The highest BCUT2D eigenvalue weighted by atomic mass is 35.5. The van der Waals surface area contributed by atoms with Crippen molar-refractivity contribution in [3.8, 4) is 0 Å². The topological polar surface area (TPSA) is 101 Å². The van der Waals surface area contributed by atoms with Crippen LogP contribution in [0.5, 0.6) is 0 Å². The number of aromatic nitrogens is 3. The number of methoxy groups -OCH3 is 2. The first-order valence-electron chi connectivity index (χ1n) is 13.1. The van der Waals surface area contributed by atoms with Gasteiger partial charge in [0.15, 0.2) is 5.65 Å². The summed E-state index contributed by atoms with van der Waals surface area (Å²) in [7, 11) is 3.18. The number of piperazine rings is 1. The Bertz CT molecular complexity index is 1700. The van der Waals surface area contributed by atoms with Crippen LogP contribution >= 0.6 is 11.6 Å². The number of hydrogen-bond donors (Lipinski definition) is 2. The average molecular weight is 565 g/mol. The molecule has 1 saturated heterocycles. The van der Waals surface area contributed by atoms with Crippen LogP contribution < -0.4 is 26.2 Å². The molecule has 4 heterocycles. The molecule has 3 aliphatic rings. The van der Waals surface area contributed by atoms with Gasteiger partial charge in [-0.25, -0.2) is 9.38 Å². The van der Waals surface area contributed by atoms with E-state index in [-0.39, 0.29) is 17.9 Å². The Kier molecular flexibility index (Phi) is 6.93. The Labute approximate surface area is 235 Å². The summed E-state index contributed by atoms with van der Waals surface area (Å²) in [4.78, 5) is 11.4. The van der Waals surface area contributed by atoms with E-state index >= 15 is 4.39 Å². The van der Waals surface area contributed by atoms with Gasteiger partial charge in [0, 0.05) is 54.1 Å². The molecule has 0 bridgehead atoms. The first kappa shape index (κ1) is 26.3. The molecule has 40 heavy (non-hydrogen) atoms. The monoisotopic (exact) mass is 564 g/mol. The van der Waals surface area contributed by atoms with Crippen molar-refractivity contribution in [1.29, 1.82) is 0 Å². The Hall–Kier alpha value is -3.96. The van der Waals surface area contributed by atoms with E-state index in [9.17, 15) is 0 Å². The largest absolute Gasteiger partial charge is 0.501 e. The third-order valence-corrected chi connectivity index (χ3v) is 7.68. The third-order valence-electron chi connectivity index (χ3n) is 7.27. The van der Waals surface area contributed by atoms with Crippen molar-refractivity contribution in [3.63, 3.8) is 0 Å². The maximum absolute atomic E-state index is 15.2. The lowest BCUT2D eigenvalue weighted by molar-refractivity contribution is 0.267. The van der Waals surface area contributed by atoms with Gasteiger partial charge in [-0.05, 0) is 43.7 Å². The molecule has 2 aromatic heterocycles. The van der Waals surface area contributed by atoms with Crippen LogP contribution in [0.4, 0.5) is 15.8 Å². The first-order valence-corrected chi connectivity index (χ1v) is 13.5. The maximum Gasteiger partial charge on any atom is 0.224 e. The van der Waals surface area contributed by atoms with Crippen molar-refractivity contribution >= 4 is 40.2 Å². The van der Waals surface area contributed by atoms with Gasteiger partial charge in [0.2, 0.25) is 5.96 Å². The second-order valence-corrected chi connectivity index (χ2v) is 10.6. The Morgan fingerprint density at radius 3 is 2.65 bits per heavy atom. The molecule has 1 aliphatic carbocycles. The van der Waals surface area contributed by atoms with E-state index in [4.69, 9.17) is 26.1 Å². The molecule has 12 heteroatoms. The Balaban J connectivity index is 1.34. The van der Waals surface area contributed by atoms with E-state index in [0.717, 1.165) is 35.2 Å². The van der Waals surface area contributed by atoms with Gasteiger partial charge in [-0.2, -0.15) is 4.99 Å². The van der Waals surface area contributed by atoms with E-state index in [2.05, 4.69) is 44.6 Å². The number of pyridine rings is 1. The van der Waals surface area contributed by atoms with Crippen molar-refractivity contribution < 1.29 is 13.9 Å². The lowest BCUT2D eigenvalue weighted by Crippen LogP contribution is -2.54. The quantitative estimate of drug-likeness (QED) is 0.502. The van der Waals surface area contributed by atoms with Crippen LogP contribution in [0.2, 0.25) is 0 Å². The van der Waals surface area contributed by atoms with Gasteiger partial charge in [-0.1, -0.05) is 11.6 Å². The highest BCUT2D eigenvalue weighted by Gasteiger charge is 2.24. The zero-order valence-electron chi connectivity index (χ0n) is 22.7. The van der Waals surface area contributed by atoms with E-state index in [1.165, 1.54) is 6.07 Å². The number of benzene rings is 1. The van der Waals surface area contributed by atoms with Crippen LogP contribution in [0.15, 0.2) is 63.2 Å². The van der Waals surface area contributed by atoms with Crippen molar-refractivity contribution in [2.75, 3.05) is 37.5 Å². The fourth-order valence-electron chi connectivity index (χ4n) is 5.51.